The van der Waals surface area contributed by atoms with Crippen LogP contribution in [0, 0.1) is 0 Å². The van der Waals surface area contributed by atoms with Crippen molar-refractivity contribution in [1.29, 1.82) is 0 Å². The second-order valence-corrected chi connectivity index (χ2v) is 5.51. The SMILES string of the molecule is CC(C)(C)c1ccccc1-c1nc(N)ns1. The van der Waals surface area contributed by atoms with Gasteiger partial charge in [0.2, 0.25) is 5.95 Å². The highest BCUT2D eigenvalue weighted by Crippen LogP contribution is 2.33. The molecule has 1 aromatic heterocycles. The van der Waals surface area contributed by atoms with Crippen LogP contribution in [-0.4, -0.2) is 9.36 Å². The molecular weight excluding hydrogens is 218 g/mol. The summed E-state index contributed by atoms with van der Waals surface area (Å²) in [4.78, 5) is 4.24. The Morgan fingerprint density at radius 1 is 1.19 bits per heavy atom. The van der Waals surface area contributed by atoms with Crippen LogP contribution in [0.4, 0.5) is 5.95 Å². The summed E-state index contributed by atoms with van der Waals surface area (Å²) in [5.74, 6) is 0.351. The van der Waals surface area contributed by atoms with Gasteiger partial charge in [-0.25, -0.2) is 0 Å². The van der Waals surface area contributed by atoms with E-state index in [4.69, 9.17) is 5.73 Å². The van der Waals surface area contributed by atoms with E-state index in [1.807, 2.05) is 6.07 Å². The Morgan fingerprint density at radius 2 is 1.88 bits per heavy atom. The smallest absolute Gasteiger partial charge is 0.232 e. The molecule has 2 aromatic rings. The highest BCUT2D eigenvalue weighted by atomic mass is 32.1. The van der Waals surface area contributed by atoms with Gasteiger partial charge in [0.25, 0.3) is 0 Å². The lowest BCUT2D eigenvalue weighted by Crippen LogP contribution is -2.12. The maximum absolute atomic E-state index is 5.56. The summed E-state index contributed by atoms with van der Waals surface area (Å²) in [6, 6.07) is 8.27. The van der Waals surface area contributed by atoms with Crippen molar-refractivity contribution in [1.82, 2.24) is 9.36 Å². The number of anilines is 1. The lowest BCUT2D eigenvalue weighted by molar-refractivity contribution is 0.592. The van der Waals surface area contributed by atoms with E-state index in [1.165, 1.54) is 17.1 Å². The van der Waals surface area contributed by atoms with Crippen LogP contribution in [0.1, 0.15) is 26.3 Å². The molecule has 4 heteroatoms. The Labute approximate surface area is 99.5 Å². The zero-order valence-corrected chi connectivity index (χ0v) is 10.5. The average molecular weight is 233 g/mol. The van der Waals surface area contributed by atoms with E-state index in [-0.39, 0.29) is 5.41 Å². The lowest BCUT2D eigenvalue weighted by Gasteiger charge is -2.21. The Hall–Kier alpha value is -1.42. The molecule has 0 bridgehead atoms. The van der Waals surface area contributed by atoms with Crippen molar-refractivity contribution in [2.45, 2.75) is 26.2 Å². The van der Waals surface area contributed by atoms with Crippen molar-refractivity contribution in [3.63, 3.8) is 0 Å². The number of rotatable bonds is 1. The third kappa shape index (κ3) is 2.07. The summed E-state index contributed by atoms with van der Waals surface area (Å²) in [7, 11) is 0. The fraction of sp³-hybridized carbons (Fsp3) is 0.333. The lowest BCUT2D eigenvalue weighted by atomic mass is 9.84. The van der Waals surface area contributed by atoms with E-state index in [9.17, 15) is 0 Å². The van der Waals surface area contributed by atoms with Gasteiger partial charge in [-0.2, -0.15) is 9.36 Å². The number of hydrogen-bond acceptors (Lipinski definition) is 4. The summed E-state index contributed by atoms with van der Waals surface area (Å²) >= 11 is 1.35. The molecule has 2 N–H and O–H groups in total. The highest BCUT2D eigenvalue weighted by molar-refractivity contribution is 7.09. The maximum Gasteiger partial charge on any atom is 0.232 e. The maximum atomic E-state index is 5.56. The zero-order valence-electron chi connectivity index (χ0n) is 9.69. The van der Waals surface area contributed by atoms with Gasteiger partial charge in [-0.3, -0.25) is 0 Å². The first kappa shape index (κ1) is 11.1. The molecule has 0 saturated heterocycles. The third-order valence-corrected chi connectivity index (χ3v) is 3.17. The molecule has 0 aliphatic carbocycles. The minimum Gasteiger partial charge on any atom is -0.367 e. The number of nitrogens with zero attached hydrogens (tertiary/aromatic N) is 2. The molecule has 1 aromatic carbocycles. The second-order valence-electron chi connectivity index (χ2n) is 4.75. The first-order chi connectivity index (χ1) is 7.48. The predicted molar refractivity (Wildman–Crippen MR) is 68.5 cm³/mol. The van der Waals surface area contributed by atoms with E-state index >= 15 is 0 Å². The van der Waals surface area contributed by atoms with Gasteiger partial charge in [0.15, 0.2) is 0 Å². The van der Waals surface area contributed by atoms with Crippen LogP contribution in [-0.2, 0) is 5.41 Å². The molecule has 0 amide bonds. The van der Waals surface area contributed by atoms with Gasteiger partial charge < -0.3 is 5.73 Å². The van der Waals surface area contributed by atoms with E-state index in [0.717, 1.165) is 10.6 Å². The Morgan fingerprint density at radius 3 is 2.44 bits per heavy atom. The number of nitrogen functional groups attached to an aromatic ring is 1. The van der Waals surface area contributed by atoms with E-state index < -0.39 is 0 Å². The molecule has 16 heavy (non-hydrogen) atoms. The van der Waals surface area contributed by atoms with Crippen LogP contribution in [0.5, 0.6) is 0 Å². The normalized spacial score (nSPS) is 11.7. The Kier molecular flexibility index (Phi) is 2.68. The largest absolute Gasteiger partial charge is 0.367 e. The zero-order chi connectivity index (χ0) is 11.8. The van der Waals surface area contributed by atoms with E-state index in [0.29, 0.717) is 5.95 Å². The average Bonchev–Trinajstić information content (AvgIpc) is 2.64. The summed E-state index contributed by atoms with van der Waals surface area (Å²) in [6.45, 7) is 6.57. The van der Waals surface area contributed by atoms with Crippen LogP contribution in [0.25, 0.3) is 10.6 Å². The quantitative estimate of drug-likeness (QED) is 0.823. The van der Waals surface area contributed by atoms with Gasteiger partial charge in [-0.1, -0.05) is 45.0 Å². The van der Waals surface area contributed by atoms with Crippen molar-refractivity contribution < 1.29 is 0 Å². The first-order valence-electron chi connectivity index (χ1n) is 5.17. The van der Waals surface area contributed by atoms with Crippen LogP contribution in [0.15, 0.2) is 24.3 Å². The fourth-order valence-electron chi connectivity index (χ4n) is 1.67. The van der Waals surface area contributed by atoms with Crippen molar-refractivity contribution in [2.24, 2.45) is 0 Å². The predicted octanol–water partition coefficient (Wildman–Crippen LogP) is 3.08. The van der Waals surface area contributed by atoms with Crippen molar-refractivity contribution >= 4 is 17.5 Å². The molecule has 0 fully saturated rings. The van der Waals surface area contributed by atoms with E-state index in [1.54, 1.807) is 0 Å². The van der Waals surface area contributed by atoms with Gasteiger partial charge in [-0.15, -0.1) is 0 Å². The molecule has 0 aliphatic heterocycles. The van der Waals surface area contributed by atoms with Crippen LogP contribution in [0.2, 0.25) is 0 Å². The summed E-state index contributed by atoms with van der Waals surface area (Å²) in [6.07, 6.45) is 0. The molecule has 1 heterocycles. The fourth-order valence-corrected chi connectivity index (χ4v) is 2.30. The molecular formula is C12H15N3S. The minimum atomic E-state index is 0.0943. The second kappa shape index (κ2) is 3.87. The van der Waals surface area contributed by atoms with Gasteiger partial charge in [0, 0.05) is 5.56 Å². The molecule has 84 valence electrons. The number of hydrogen-bond donors (Lipinski definition) is 1. The molecule has 3 nitrogen and oxygen atoms in total. The summed E-state index contributed by atoms with van der Waals surface area (Å²) < 4.78 is 4.02. The van der Waals surface area contributed by atoms with Crippen molar-refractivity contribution in [3.05, 3.63) is 29.8 Å². The topological polar surface area (TPSA) is 51.8 Å². The summed E-state index contributed by atoms with van der Waals surface area (Å²) in [5, 5.41) is 0.892. The van der Waals surface area contributed by atoms with Gasteiger partial charge in [-0.05, 0) is 22.5 Å². The Balaban J connectivity index is 2.57. The van der Waals surface area contributed by atoms with E-state index in [2.05, 4.69) is 48.3 Å². The monoisotopic (exact) mass is 233 g/mol. The molecule has 0 unspecified atom stereocenters. The van der Waals surface area contributed by atoms with Crippen LogP contribution >= 0.6 is 11.5 Å². The number of benzene rings is 1. The molecule has 0 aliphatic rings. The van der Waals surface area contributed by atoms with Gasteiger partial charge in [0.1, 0.15) is 5.01 Å². The standard InChI is InChI=1S/C12H15N3S/c1-12(2,3)9-7-5-4-6-8(9)10-14-11(13)15-16-10/h4-7H,1-3H3,(H2,13,15). The van der Waals surface area contributed by atoms with Crippen molar-refractivity contribution in [3.8, 4) is 10.6 Å². The highest BCUT2D eigenvalue weighted by Gasteiger charge is 2.19. The molecule has 2 rings (SSSR count). The number of nitrogens with two attached hydrogens (primary N) is 1. The molecule has 0 saturated carbocycles. The molecule has 0 spiro atoms. The molecule has 0 radical (unpaired) electrons. The first-order valence-corrected chi connectivity index (χ1v) is 5.95. The number of aromatic nitrogens is 2. The van der Waals surface area contributed by atoms with Crippen LogP contribution in [0.3, 0.4) is 0 Å². The Bertz CT molecular complexity index is 497. The van der Waals surface area contributed by atoms with Crippen LogP contribution < -0.4 is 5.73 Å². The van der Waals surface area contributed by atoms with Gasteiger partial charge in [0.05, 0.1) is 0 Å². The third-order valence-electron chi connectivity index (χ3n) is 2.41. The van der Waals surface area contributed by atoms with Gasteiger partial charge >= 0.3 is 0 Å². The molecule has 0 atom stereocenters. The summed E-state index contributed by atoms with van der Waals surface area (Å²) in [5.41, 5.74) is 8.06. The minimum absolute atomic E-state index is 0.0943. The van der Waals surface area contributed by atoms with Crippen molar-refractivity contribution in [2.75, 3.05) is 5.73 Å².